The zero-order chi connectivity index (χ0) is 36.9. The Hall–Kier alpha value is -1.59. The maximum absolute atomic E-state index is 12.6. The highest BCUT2D eigenvalue weighted by Gasteiger charge is 2.19. The molecule has 0 aromatic carbocycles. The van der Waals surface area contributed by atoms with Gasteiger partial charge in [0, 0.05) is 19.3 Å². The average Bonchev–Trinajstić information content (AvgIpc) is 3.08. The molecule has 0 aromatic heterocycles. The minimum atomic E-state index is -0.760. The molecule has 0 aliphatic carbocycles. The molecule has 6 heteroatoms. The third kappa shape index (κ3) is 37.7. The molecule has 50 heavy (non-hydrogen) atoms. The molecular weight excluding hydrogens is 624 g/mol. The van der Waals surface area contributed by atoms with Gasteiger partial charge in [-0.05, 0) is 31.1 Å². The molecule has 6 nitrogen and oxygen atoms in total. The lowest BCUT2D eigenvalue weighted by Crippen LogP contribution is -2.30. The molecule has 0 unspecified atom stereocenters. The van der Waals surface area contributed by atoms with E-state index in [1.807, 2.05) is 0 Å². The molecule has 0 aliphatic heterocycles. The Morgan fingerprint density at radius 3 is 0.980 bits per heavy atom. The molecule has 0 amide bonds. The predicted octanol–water partition coefficient (Wildman–Crippen LogP) is 13.4. The number of hydrogen-bond donors (Lipinski definition) is 0. The van der Waals surface area contributed by atoms with E-state index in [4.69, 9.17) is 14.2 Å². The third-order valence-corrected chi connectivity index (χ3v) is 9.72. The van der Waals surface area contributed by atoms with Gasteiger partial charge in [-0.2, -0.15) is 0 Å². The van der Waals surface area contributed by atoms with Crippen molar-refractivity contribution in [2.75, 3.05) is 13.2 Å². The lowest BCUT2D eigenvalue weighted by atomic mass is 10.0. The molecule has 1 atom stereocenters. The molecule has 0 rings (SSSR count). The summed E-state index contributed by atoms with van der Waals surface area (Å²) in [5.74, 6) is 0.721. The Morgan fingerprint density at radius 2 is 0.660 bits per heavy atom. The van der Waals surface area contributed by atoms with Gasteiger partial charge in [0.1, 0.15) is 13.2 Å². The maximum Gasteiger partial charge on any atom is 0.306 e. The first-order chi connectivity index (χ1) is 24.2. The van der Waals surface area contributed by atoms with Crippen molar-refractivity contribution >= 4 is 17.9 Å². The quantitative estimate of drug-likeness (QED) is 0.0361. The first-order valence-electron chi connectivity index (χ1n) is 21.7. The number of ether oxygens (including phenoxy) is 3. The summed E-state index contributed by atoms with van der Waals surface area (Å²) in [4.78, 5) is 37.6. The van der Waals surface area contributed by atoms with Gasteiger partial charge in [-0.3, -0.25) is 14.4 Å². The van der Waals surface area contributed by atoms with Crippen LogP contribution in [0.15, 0.2) is 0 Å². The highest BCUT2D eigenvalue weighted by atomic mass is 16.6. The van der Waals surface area contributed by atoms with E-state index < -0.39 is 6.10 Å². The lowest BCUT2D eigenvalue weighted by molar-refractivity contribution is -0.167. The Balaban J connectivity index is 4.34. The van der Waals surface area contributed by atoms with E-state index in [-0.39, 0.29) is 31.1 Å². The van der Waals surface area contributed by atoms with Crippen molar-refractivity contribution in [3.05, 3.63) is 0 Å². The number of carbonyl (C=O) groups is 3. The van der Waals surface area contributed by atoms with Crippen molar-refractivity contribution in [2.24, 2.45) is 11.8 Å². The van der Waals surface area contributed by atoms with E-state index in [2.05, 4.69) is 34.6 Å². The number of unbranched alkanes of at least 4 members (excludes halogenated alkanes) is 23. The van der Waals surface area contributed by atoms with Gasteiger partial charge < -0.3 is 14.2 Å². The minimum absolute atomic E-state index is 0.0660. The fourth-order valence-corrected chi connectivity index (χ4v) is 6.40. The highest BCUT2D eigenvalue weighted by molar-refractivity contribution is 5.71. The van der Waals surface area contributed by atoms with Gasteiger partial charge in [0.15, 0.2) is 6.10 Å². The van der Waals surface area contributed by atoms with Crippen molar-refractivity contribution < 1.29 is 28.6 Å². The van der Waals surface area contributed by atoms with Crippen molar-refractivity contribution in [2.45, 2.75) is 240 Å². The Morgan fingerprint density at radius 1 is 0.380 bits per heavy atom. The topological polar surface area (TPSA) is 78.9 Å². The number of esters is 3. The fraction of sp³-hybridized carbons (Fsp3) is 0.932. The molecule has 0 radical (unpaired) electrons. The van der Waals surface area contributed by atoms with Gasteiger partial charge in [0.2, 0.25) is 0 Å². The van der Waals surface area contributed by atoms with Crippen LogP contribution in [0.25, 0.3) is 0 Å². The van der Waals surface area contributed by atoms with Crippen LogP contribution in [0.1, 0.15) is 234 Å². The van der Waals surface area contributed by atoms with E-state index >= 15 is 0 Å². The van der Waals surface area contributed by atoms with E-state index in [1.54, 1.807) is 0 Å². The monoisotopic (exact) mass is 709 g/mol. The summed E-state index contributed by atoms with van der Waals surface area (Å²) < 4.78 is 16.7. The predicted molar refractivity (Wildman–Crippen MR) is 210 cm³/mol. The maximum atomic E-state index is 12.6. The first kappa shape index (κ1) is 48.4. The second kappa shape index (κ2) is 37.2. The van der Waals surface area contributed by atoms with Crippen LogP contribution >= 0.6 is 0 Å². The number of hydrogen-bond acceptors (Lipinski definition) is 6. The summed E-state index contributed by atoms with van der Waals surface area (Å²) in [5, 5.41) is 0. The van der Waals surface area contributed by atoms with Crippen molar-refractivity contribution in [3.63, 3.8) is 0 Å². The summed E-state index contributed by atoms with van der Waals surface area (Å²) >= 11 is 0. The van der Waals surface area contributed by atoms with Crippen LogP contribution in [0.5, 0.6) is 0 Å². The molecule has 0 aromatic rings. The number of carbonyl (C=O) groups excluding carboxylic acids is 3. The van der Waals surface area contributed by atoms with E-state index in [9.17, 15) is 14.4 Å². The van der Waals surface area contributed by atoms with Crippen LogP contribution < -0.4 is 0 Å². The summed E-state index contributed by atoms with van der Waals surface area (Å²) in [6.45, 7) is 11.2. The van der Waals surface area contributed by atoms with Gasteiger partial charge in [0.25, 0.3) is 0 Å². The van der Waals surface area contributed by atoms with Crippen LogP contribution in [0, 0.1) is 11.8 Å². The standard InChI is InChI=1S/C44H84O6/c1-6-7-8-9-10-11-14-19-24-29-34-42(45)48-37-41(50-44(47)36-31-26-21-16-18-23-28-33-40(4)5)38-49-43(46)35-30-25-20-15-12-13-17-22-27-32-39(2)3/h39-41H,6-38H2,1-5H3/t41-/m0/s1. The second-order valence-corrected chi connectivity index (χ2v) is 15.9. The SMILES string of the molecule is CCCCCCCCCCCCC(=O)OC[C@@H](COC(=O)CCCCCCCCCCCC(C)C)OC(=O)CCCCCCCCCC(C)C. The summed E-state index contributed by atoms with van der Waals surface area (Å²) in [6, 6.07) is 0. The smallest absolute Gasteiger partial charge is 0.306 e. The van der Waals surface area contributed by atoms with Gasteiger partial charge >= 0.3 is 17.9 Å². The Kier molecular flexibility index (Phi) is 36.0. The van der Waals surface area contributed by atoms with Crippen molar-refractivity contribution in [3.8, 4) is 0 Å². The van der Waals surface area contributed by atoms with Crippen LogP contribution in [0.4, 0.5) is 0 Å². The zero-order valence-electron chi connectivity index (χ0n) is 34.0. The van der Waals surface area contributed by atoms with Crippen molar-refractivity contribution in [1.82, 2.24) is 0 Å². The van der Waals surface area contributed by atoms with Crippen molar-refractivity contribution in [1.29, 1.82) is 0 Å². The molecule has 0 heterocycles. The molecule has 0 fully saturated rings. The average molecular weight is 709 g/mol. The normalized spacial score (nSPS) is 12.1. The van der Waals surface area contributed by atoms with Gasteiger partial charge in [-0.1, -0.05) is 195 Å². The van der Waals surface area contributed by atoms with Crippen LogP contribution in [0.3, 0.4) is 0 Å². The molecular formula is C44H84O6. The Labute approximate surface area is 310 Å². The van der Waals surface area contributed by atoms with E-state index in [1.165, 1.54) is 122 Å². The molecule has 296 valence electrons. The number of rotatable bonds is 38. The van der Waals surface area contributed by atoms with Gasteiger partial charge in [0.05, 0.1) is 0 Å². The van der Waals surface area contributed by atoms with Gasteiger partial charge in [-0.15, -0.1) is 0 Å². The molecule has 0 bridgehead atoms. The Bertz CT molecular complexity index is 764. The highest BCUT2D eigenvalue weighted by Crippen LogP contribution is 2.16. The van der Waals surface area contributed by atoms with Crippen LogP contribution in [-0.2, 0) is 28.6 Å². The molecule has 0 N–H and O–H groups in total. The van der Waals surface area contributed by atoms with Crippen LogP contribution in [-0.4, -0.2) is 37.2 Å². The molecule has 0 spiro atoms. The molecule has 0 saturated heterocycles. The molecule has 0 aliphatic rings. The van der Waals surface area contributed by atoms with E-state index in [0.717, 1.165) is 69.6 Å². The second-order valence-electron chi connectivity index (χ2n) is 15.9. The van der Waals surface area contributed by atoms with E-state index in [0.29, 0.717) is 19.3 Å². The minimum Gasteiger partial charge on any atom is -0.462 e. The summed E-state index contributed by atoms with van der Waals surface area (Å²) in [5.41, 5.74) is 0. The lowest BCUT2D eigenvalue weighted by Gasteiger charge is -2.18. The summed E-state index contributed by atoms with van der Waals surface area (Å²) in [6.07, 6.45) is 33.8. The third-order valence-electron chi connectivity index (χ3n) is 9.72. The fourth-order valence-electron chi connectivity index (χ4n) is 6.40. The van der Waals surface area contributed by atoms with Gasteiger partial charge in [-0.25, -0.2) is 0 Å². The molecule has 0 saturated carbocycles. The largest absolute Gasteiger partial charge is 0.462 e. The van der Waals surface area contributed by atoms with Crippen LogP contribution in [0.2, 0.25) is 0 Å². The first-order valence-corrected chi connectivity index (χ1v) is 21.7. The summed E-state index contributed by atoms with van der Waals surface area (Å²) in [7, 11) is 0. The zero-order valence-corrected chi connectivity index (χ0v) is 34.0.